The van der Waals surface area contributed by atoms with Crippen LogP contribution in [0.2, 0.25) is 0 Å². The van der Waals surface area contributed by atoms with Crippen LogP contribution in [0.5, 0.6) is 0 Å². The lowest BCUT2D eigenvalue weighted by molar-refractivity contribution is -0.154. The highest BCUT2D eigenvalue weighted by Gasteiger charge is 2.46. The Morgan fingerprint density at radius 2 is 2.17 bits per heavy atom. The van der Waals surface area contributed by atoms with Crippen molar-refractivity contribution in [2.75, 3.05) is 14.2 Å². The van der Waals surface area contributed by atoms with E-state index in [1.165, 1.54) is 7.11 Å². The molecule has 1 saturated carbocycles. The number of aromatic nitrogens is 2. The molecule has 2 rings (SSSR count). The van der Waals surface area contributed by atoms with E-state index in [0.717, 1.165) is 25.7 Å². The average Bonchev–Trinajstić information content (AvgIpc) is 2.98. The average molecular weight is 253 g/mol. The van der Waals surface area contributed by atoms with E-state index in [1.54, 1.807) is 6.92 Å². The Morgan fingerprint density at radius 3 is 2.67 bits per heavy atom. The second-order valence-corrected chi connectivity index (χ2v) is 4.82. The van der Waals surface area contributed by atoms with Gasteiger partial charge in [-0.05, 0) is 26.8 Å². The maximum absolute atomic E-state index is 12.0. The second-order valence-electron chi connectivity index (χ2n) is 4.82. The van der Waals surface area contributed by atoms with E-state index < -0.39 is 5.54 Å². The molecule has 0 spiro atoms. The van der Waals surface area contributed by atoms with Gasteiger partial charge in [0.05, 0.1) is 13.7 Å². The number of esters is 1. The van der Waals surface area contributed by atoms with Gasteiger partial charge < -0.3 is 9.26 Å². The summed E-state index contributed by atoms with van der Waals surface area (Å²) < 4.78 is 10.1. The van der Waals surface area contributed by atoms with Gasteiger partial charge in [-0.2, -0.15) is 4.98 Å². The summed E-state index contributed by atoms with van der Waals surface area (Å²) in [7, 11) is 3.34. The number of nitrogens with zero attached hydrogens (tertiary/aromatic N) is 3. The fraction of sp³-hybridized carbons (Fsp3) is 0.750. The van der Waals surface area contributed by atoms with Gasteiger partial charge in [-0.25, -0.2) is 0 Å². The van der Waals surface area contributed by atoms with E-state index in [0.29, 0.717) is 18.3 Å². The number of methoxy groups -OCH3 is 1. The zero-order valence-electron chi connectivity index (χ0n) is 11.1. The first-order chi connectivity index (χ1) is 8.58. The van der Waals surface area contributed by atoms with Crippen LogP contribution in [-0.2, 0) is 16.1 Å². The number of ether oxygens (including phenoxy) is 1. The fourth-order valence-electron chi connectivity index (χ4n) is 2.65. The van der Waals surface area contributed by atoms with Crippen LogP contribution in [-0.4, -0.2) is 40.7 Å². The third-order valence-electron chi connectivity index (χ3n) is 3.67. The van der Waals surface area contributed by atoms with Crippen molar-refractivity contribution in [1.29, 1.82) is 0 Å². The van der Waals surface area contributed by atoms with Crippen molar-refractivity contribution in [3.05, 3.63) is 11.7 Å². The van der Waals surface area contributed by atoms with Crippen molar-refractivity contribution < 1.29 is 14.1 Å². The summed E-state index contributed by atoms with van der Waals surface area (Å²) >= 11 is 0. The van der Waals surface area contributed by atoms with Gasteiger partial charge in [0.25, 0.3) is 0 Å². The summed E-state index contributed by atoms with van der Waals surface area (Å²) in [5.41, 5.74) is -0.531. The predicted octanol–water partition coefficient (Wildman–Crippen LogP) is 1.30. The van der Waals surface area contributed by atoms with Crippen molar-refractivity contribution >= 4 is 5.97 Å². The first-order valence-electron chi connectivity index (χ1n) is 6.17. The van der Waals surface area contributed by atoms with Gasteiger partial charge >= 0.3 is 5.97 Å². The first-order valence-corrected chi connectivity index (χ1v) is 6.17. The van der Waals surface area contributed by atoms with Crippen LogP contribution >= 0.6 is 0 Å². The molecule has 0 bridgehead atoms. The van der Waals surface area contributed by atoms with E-state index in [1.807, 2.05) is 11.9 Å². The first kappa shape index (κ1) is 13.0. The number of carbonyl (C=O) groups is 1. The smallest absolute Gasteiger partial charge is 0.326 e. The van der Waals surface area contributed by atoms with Crippen LogP contribution in [0.25, 0.3) is 0 Å². The molecule has 1 heterocycles. The third-order valence-corrected chi connectivity index (χ3v) is 3.67. The van der Waals surface area contributed by atoms with E-state index in [2.05, 4.69) is 10.1 Å². The van der Waals surface area contributed by atoms with E-state index in [-0.39, 0.29) is 5.97 Å². The number of aryl methyl sites for hydroxylation is 1. The summed E-state index contributed by atoms with van der Waals surface area (Å²) in [6, 6.07) is 0. The monoisotopic (exact) mass is 253 g/mol. The Balaban J connectivity index is 2.13. The number of hydrogen-bond donors (Lipinski definition) is 0. The molecule has 0 aromatic carbocycles. The lowest BCUT2D eigenvalue weighted by atomic mass is 9.95. The molecule has 6 nitrogen and oxygen atoms in total. The van der Waals surface area contributed by atoms with E-state index >= 15 is 0 Å². The SMILES string of the molecule is COC(=O)C1(N(C)Cc2nc(C)no2)CCCC1. The molecule has 18 heavy (non-hydrogen) atoms. The molecule has 0 atom stereocenters. The molecular weight excluding hydrogens is 234 g/mol. The summed E-state index contributed by atoms with van der Waals surface area (Å²) in [4.78, 5) is 18.2. The van der Waals surface area contributed by atoms with Crippen LogP contribution in [0.4, 0.5) is 0 Å². The van der Waals surface area contributed by atoms with Gasteiger partial charge in [0.1, 0.15) is 5.54 Å². The Labute approximate surface area is 106 Å². The molecule has 0 aliphatic heterocycles. The summed E-state index contributed by atoms with van der Waals surface area (Å²) in [6.07, 6.45) is 3.73. The Bertz CT molecular complexity index is 424. The minimum atomic E-state index is -0.531. The minimum absolute atomic E-state index is 0.168. The largest absolute Gasteiger partial charge is 0.468 e. The molecule has 1 aliphatic carbocycles. The summed E-state index contributed by atoms with van der Waals surface area (Å²) in [5, 5.41) is 3.76. The van der Waals surface area contributed by atoms with Crippen molar-refractivity contribution in [2.24, 2.45) is 0 Å². The Hall–Kier alpha value is -1.43. The van der Waals surface area contributed by atoms with Crippen molar-refractivity contribution in [3.63, 3.8) is 0 Å². The highest BCUT2D eigenvalue weighted by atomic mass is 16.5. The maximum atomic E-state index is 12.0. The molecular formula is C12H19N3O3. The van der Waals surface area contributed by atoms with Gasteiger partial charge in [-0.1, -0.05) is 18.0 Å². The van der Waals surface area contributed by atoms with Gasteiger partial charge in [-0.15, -0.1) is 0 Å². The lowest BCUT2D eigenvalue weighted by Gasteiger charge is -2.34. The lowest BCUT2D eigenvalue weighted by Crippen LogP contribution is -2.51. The Kier molecular flexibility index (Phi) is 3.65. The van der Waals surface area contributed by atoms with Gasteiger partial charge in [0.15, 0.2) is 5.82 Å². The highest BCUT2D eigenvalue weighted by Crippen LogP contribution is 2.36. The highest BCUT2D eigenvalue weighted by molar-refractivity contribution is 5.81. The maximum Gasteiger partial charge on any atom is 0.326 e. The number of carbonyl (C=O) groups excluding carboxylic acids is 1. The number of hydrogen-bond acceptors (Lipinski definition) is 6. The molecule has 0 unspecified atom stereocenters. The molecule has 0 radical (unpaired) electrons. The molecule has 100 valence electrons. The molecule has 1 aromatic rings. The van der Waals surface area contributed by atoms with Crippen molar-refractivity contribution in [1.82, 2.24) is 15.0 Å². The molecule has 6 heteroatoms. The fourth-order valence-corrected chi connectivity index (χ4v) is 2.65. The van der Waals surface area contributed by atoms with Gasteiger partial charge in [-0.3, -0.25) is 9.69 Å². The van der Waals surface area contributed by atoms with Crippen LogP contribution in [0, 0.1) is 6.92 Å². The quantitative estimate of drug-likeness (QED) is 0.753. The zero-order chi connectivity index (χ0) is 13.2. The normalized spacial score (nSPS) is 18.2. The Morgan fingerprint density at radius 1 is 1.50 bits per heavy atom. The van der Waals surface area contributed by atoms with Crippen LogP contribution < -0.4 is 0 Å². The van der Waals surface area contributed by atoms with Crippen molar-refractivity contribution in [2.45, 2.75) is 44.7 Å². The molecule has 0 amide bonds. The molecule has 1 aromatic heterocycles. The topological polar surface area (TPSA) is 68.5 Å². The van der Waals surface area contributed by atoms with Crippen LogP contribution in [0.3, 0.4) is 0 Å². The molecule has 0 saturated heterocycles. The van der Waals surface area contributed by atoms with E-state index in [9.17, 15) is 4.79 Å². The van der Waals surface area contributed by atoms with Crippen molar-refractivity contribution in [3.8, 4) is 0 Å². The number of likely N-dealkylation sites (N-methyl/N-ethyl adjacent to an activating group) is 1. The van der Waals surface area contributed by atoms with Gasteiger partial charge in [0.2, 0.25) is 5.89 Å². The minimum Gasteiger partial charge on any atom is -0.468 e. The second kappa shape index (κ2) is 5.06. The third kappa shape index (κ3) is 2.25. The predicted molar refractivity (Wildman–Crippen MR) is 63.7 cm³/mol. The summed E-state index contributed by atoms with van der Waals surface area (Å²) in [6.45, 7) is 2.24. The zero-order valence-corrected chi connectivity index (χ0v) is 11.1. The number of rotatable bonds is 4. The van der Waals surface area contributed by atoms with Crippen LogP contribution in [0.15, 0.2) is 4.52 Å². The molecule has 0 N–H and O–H groups in total. The molecule has 1 fully saturated rings. The molecule has 1 aliphatic rings. The van der Waals surface area contributed by atoms with Crippen LogP contribution in [0.1, 0.15) is 37.4 Å². The summed E-state index contributed by atoms with van der Waals surface area (Å²) in [5.74, 6) is 0.973. The van der Waals surface area contributed by atoms with Gasteiger partial charge in [0, 0.05) is 0 Å². The standard InChI is InChI=1S/C12H19N3O3/c1-9-13-10(18-14-9)8-15(2)12(11(16)17-3)6-4-5-7-12/h4-8H2,1-3H3. The van der Waals surface area contributed by atoms with E-state index in [4.69, 9.17) is 9.26 Å².